The van der Waals surface area contributed by atoms with Gasteiger partial charge in [0.1, 0.15) is 0 Å². The molecule has 4 heteroatoms. The van der Waals surface area contributed by atoms with Gasteiger partial charge in [0.25, 0.3) is 5.91 Å². The van der Waals surface area contributed by atoms with Crippen molar-refractivity contribution >= 4 is 17.4 Å². The van der Waals surface area contributed by atoms with Crippen LogP contribution in [0.5, 0.6) is 0 Å². The van der Waals surface area contributed by atoms with E-state index in [1.165, 1.54) is 4.90 Å². The van der Waals surface area contributed by atoms with Crippen molar-refractivity contribution in [3.05, 3.63) is 65.7 Å². The third-order valence-corrected chi connectivity index (χ3v) is 4.59. The lowest BCUT2D eigenvalue weighted by Crippen LogP contribution is -2.47. The van der Waals surface area contributed by atoms with Gasteiger partial charge < -0.3 is 10.0 Å². The molecule has 0 radical (unpaired) electrons. The van der Waals surface area contributed by atoms with Crippen molar-refractivity contribution in [3.8, 4) is 0 Å². The van der Waals surface area contributed by atoms with Gasteiger partial charge in [-0.15, -0.1) is 0 Å². The molecule has 0 spiro atoms. The highest BCUT2D eigenvalue weighted by Gasteiger charge is 2.55. The first-order valence-corrected chi connectivity index (χ1v) is 7.71. The summed E-state index contributed by atoms with van der Waals surface area (Å²) < 4.78 is 0. The fraction of sp³-hybridized carbons (Fsp3) is 0.263. The molecule has 1 heterocycles. The summed E-state index contributed by atoms with van der Waals surface area (Å²) in [4.78, 5) is 27.1. The Bertz CT molecular complexity index is 756. The summed E-state index contributed by atoms with van der Waals surface area (Å²) in [5.74, 6) is -1.48. The molecule has 1 aliphatic rings. The summed E-state index contributed by atoms with van der Waals surface area (Å²) in [6.45, 7) is 1.82. The number of hydrogen-bond acceptors (Lipinski definition) is 3. The van der Waals surface area contributed by atoms with E-state index in [0.29, 0.717) is 23.2 Å². The standard InChI is InChI=1S/C19H19NO3/c1-3-14(17(21)13-9-5-4-6-10-13)19(23)15-11-7-8-12-16(15)20(2)18(19)22/h4-12,14,23H,3H2,1-2H3/t14-,19-/m1/s1. The molecule has 118 valence electrons. The number of para-hydroxylation sites is 1. The normalized spacial score (nSPS) is 21.2. The largest absolute Gasteiger partial charge is 0.375 e. The lowest BCUT2D eigenvalue weighted by atomic mass is 9.76. The molecule has 1 N–H and O–H groups in total. The number of hydrogen-bond donors (Lipinski definition) is 1. The second-order valence-electron chi connectivity index (χ2n) is 5.84. The Balaban J connectivity index is 2.11. The first-order valence-electron chi connectivity index (χ1n) is 7.71. The topological polar surface area (TPSA) is 57.6 Å². The summed E-state index contributed by atoms with van der Waals surface area (Å²) in [7, 11) is 1.62. The van der Waals surface area contributed by atoms with Crippen LogP contribution in [0.15, 0.2) is 54.6 Å². The molecule has 0 fully saturated rings. The number of ketones is 1. The molecule has 0 saturated carbocycles. The number of likely N-dealkylation sites (N-methyl/N-ethyl adjacent to an activating group) is 1. The minimum atomic E-state index is -1.81. The van der Waals surface area contributed by atoms with E-state index in [2.05, 4.69) is 0 Å². The van der Waals surface area contributed by atoms with E-state index in [4.69, 9.17) is 0 Å². The molecule has 0 saturated heterocycles. The molecule has 1 aliphatic heterocycles. The first-order chi connectivity index (χ1) is 11.0. The Labute approximate surface area is 135 Å². The predicted octanol–water partition coefficient (Wildman–Crippen LogP) is 2.76. The Hall–Kier alpha value is -2.46. The molecular formula is C19H19NO3. The average molecular weight is 309 g/mol. The molecule has 1 amide bonds. The summed E-state index contributed by atoms with van der Waals surface area (Å²) in [5.41, 5.74) is -0.150. The van der Waals surface area contributed by atoms with Gasteiger partial charge in [-0.25, -0.2) is 0 Å². The second kappa shape index (κ2) is 5.63. The lowest BCUT2D eigenvalue weighted by molar-refractivity contribution is -0.140. The number of amides is 1. The second-order valence-corrected chi connectivity index (χ2v) is 5.84. The Morgan fingerprint density at radius 2 is 1.74 bits per heavy atom. The molecular weight excluding hydrogens is 290 g/mol. The molecule has 0 bridgehead atoms. The van der Waals surface area contributed by atoms with Gasteiger partial charge in [0.2, 0.25) is 0 Å². The van der Waals surface area contributed by atoms with Crippen molar-refractivity contribution in [2.24, 2.45) is 5.92 Å². The highest BCUT2D eigenvalue weighted by atomic mass is 16.3. The molecule has 23 heavy (non-hydrogen) atoms. The maximum atomic E-state index is 12.9. The van der Waals surface area contributed by atoms with Crippen LogP contribution in [0.1, 0.15) is 29.3 Å². The van der Waals surface area contributed by atoms with Crippen molar-refractivity contribution in [3.63, 3.8) is 0 Å². The van der Waals surface area contributed by atoms with Gasteiger partial charge in [-0.05, 0) is 12.5 Å². The maximum absolute atomic E-state index is 12.9. The van der Waals surface area contributed by atoms with Crippen LogP contribution in [0.25, 0.3) is 0 Å². The molecule has 2 aromatic rings. The molecule has 4 nitrogen and oxygen atoms in total. The highest BCUT2D eigenvalue weighted by Crippen LogP contribution is 2.45. The van der Waals surface area contributed by atoms with Gasteiger partial charge in [0, 0.05) is 18.2 Å². The van der Waals surface area contributed by atoms with Crippen LogP contribution in [0.2, 0.25) is 0 Å². The molecule has 0 unspecified atom stereocenters. The zero-order chi connectivity index (χ0) is 16.6. The van der Waals surface area contributed by atoms with Crippen molar-refractivity contribution < 1.29 is 14.7 Å². The van der Waals surface area contributed by atoms with E-state index in [0.717, 1.165) is 0 Å². The monoisotopic (exact) mass is 309 g/mol. The lowest BCUT2D eigenvalue weighted by Gasteiger charge is -2.30. The molecule has 2 aromatic carbocycles. The molecule has 0 aromatic heterocycles. The maximum Gasteiger partial charge on any atom is 0.264 e. The molecule has 3 rings (SSSR count). The number of Topliss-reactive ketones (excluding diaryl/α,β-unsaturated/α-hetero) is 1. The third kappa shape index (κ3) is 2.18. The fourth-order valence-corrected chi connectivity index (χ4v) is 3.38. The molecule has 2 atom stereocenters. The fourth-order valence-electron chi connectivity index (χ4n) is 3.38. The number of carbonyl (C=O) groups is 2. The quantitative estimate of drug-likeness (QED) is 0.884. The van der Waals surface area contributed by atoms with E-state index < -0.39 is 17.4 Å². The third-order valence-electron chi connectivity index (χ3n) is 4.59. The van der Waals surface area contributed by atoms with Gasteiger partial charge in [-0.3, -0.25) is 9.59 Å². The number of aliphatic hydroxyl groups is 1. The van der Waals surface area contributed by atoms with Crippen LogP contribution >= 0.6 is 0 Å². The number of rotatable bonds is 4. The first kappa shape index (κ1) is 15.4. The summed E-state index contributed by atoms with van der Waals surface area (Å²) in [5, 5.41) is 11.3. The SMILES string of the molecule is CC[C@H](C(=O)c1ccccc1)[C@]1(O)C(=O)N(C)c2ccccc21. The van der Waals surface area contributed by atoms with E-state index in [9.17, 15) is 14.7 Å². The van der Waals surface area contributed by atoms with Gasteiger partial charge in [0.15, 0.2) is 11.4 Å². The zero-order valence-corrected chi connectivity index (χ0v) is 13.2. The van der Waals surface area contributed by atoms with E-state index in [1.54, 1.807) is 49.5 Å². The number of fused-ring (bicyclic) bond motifs is 1. The number of benzene rings is 2. The highest BCUT2D eigenvalue weighted by molar-refractivity contribution is 6.11. The molecule has 0 aliphatic carbocycles. The van der Waals surface area contributed by atoms with Gasteiger partial charge >= 0.3 is 0 Å². The minimum absolute atomic E-state index is 0.214. The van der Waals surface area contributed by atoms with Crippen LogP contribution in [0.3, 0.4) is 0 Å². The van der Waals surface area contributed by atoms with Crippen LogP contribution < -0.4 is 4.90 Å². The van der Waals surface area contributed by atoms with Gasteiger partial charge in [-0.1, -0.05) is 55.5 Å². The Morgan fingerprint density at radius 3 is 2.39 bits per heavy atom. The van der Waals surface area contributed by atoms with Crippen molar-refractivity contribution in [2.75, 3.05) is 11.9 Å². The van der Waals surface area contributed by atoms with E-state index in [1.807, 2.05) is 19.1 Å². The van der Waals surface area contributed by atoms with Crippen molar-refractivity contribution in [1.29, 1.82) is 0 Å². The van der Waals surface area contributed by atoms with Gasteiger partial charge in [-0.2, -0.15) is 0 Å². The van der Waals surface area contributed by atoms with Crippen molar-refractivity contribution in [1.82, 2.24) is 0 Å². The zero-order valence-electron chi connectivity index (χ0n) is 13.2. The van der Waals surface area contributed by atoms with Crippen LogP contribution in [-0.4, -0.2) is 23.8 Å². The summed E-state index contributed by atoms with van der Waals surface area (Å²) in [6, 6.07) is 15.9. The van der Waals surface area contributed by atoms with Crippen LogP contribution in [-0.2, 0) is 10.4 Å². The summed E-state index contributed by atoms with van der Waals surface area (Å²) >= 11 is 0. The Kier molecular flexibility index (Phi) is 3.78. The van der Waals surface area contributed by atoms with Crippen LogP contribution in [0.4, 0.5) is 5.69 Å². The summed E-state index contributed by atoms with van der Waals surface area (Å²) in [6.07, 6.45) is 0.373. The van der Waals surface area contributed by atoms with E-state index in [-0.39, 0.29) is 5.78 Å². The number of carbonyl (C=O) groups excluding carboxylic acids is 2. The smallest absolute Gasteiger partial charge is 0.264 e. The van der Waals surface area contributed by atoms with E-state index >= 15 is 0 Å². The van der Waals surface area contributed by atoms with Crippen molar-refractivity contribution in [2.45, 2.75) is 18.9 Å². The predicted molar refractivity (Wildman–Crippen MR) is 88.3 cm³/mol. The number of nitrogens with zero attached hydrogens (tertiary/aromatic N) is 1. The average Bonchev–Trinajstić information content (AvgIpc) is 2.79. The Morgan fingerprint density at radius 1 is 1.13 bits per heavy atom. The number of anilines is 1. The minimum Gasteiger partial charge on any atom is -0.375 e. The van der Waals surface area contributed by atoms with Gasteiger partial charge in [0.05, 0.1) is 11.6 Å². The van der Waals surface area contributed by atoms with Crippen LogP contribution in [0, 0.1) is 5.92 Å².